The summed E-state index contributed by atoms with van der Waals surface area (Å²) in [6.07, 6.45) is 0. The predicted molar refractivity (Wildman–Crippen MR) is 151 cm³/mol. The monoisotopic (exact) mass is 569 g/mol. The Morgan fingerprint density at radius 1 is 1.03 bits per heavy atom. The average Bonchev–Trinajstić information content (AvgIpc) is 3.37. The van der Waals surface area contributed by atoms with Crippen molar-refractivity contribution in [2.75, 3.05) is 56.0 Å². The number of piperazine rings is 1. The lowest BCUT2D eigenvalue weighted by Crippen LogP contribution is -2.48. The highest BCUT2D eigenvalue weighted by Crippen LogP contribution is 2.30. The molecule has 0 atom stereocenters. The van der Waals surface area contributed by atoms with E-state index in [9.17, 15) is 17.6 Å². The highest BCUT2D eigenvalue weighted by atomic mass is 32.2. The Kier molecular flexibility index (Phi) is 7.96. The van der Waals surface area contributed by atoms with Crippen LogP contribution >= 0.6 is 11.3 Å². The SMILES string of the molecule is COc1ccc(S(=O)(=O)Nc2ccc(C(=O)NCCN3CCN(c4nc5ccc(F)cc5s4)CC3)cc2)cc1. The van der Waals surface area contributed by atoms with Gasteiger partial charge in [0, 0.05) is 50.5 Å². The fourth-order valence-corrected chi connectivity index (χ4v) is 6.37. The molecule has 39 heavy (non-hydrogen) atoms. The number of thiazole rings is 1. The van der Waals surface area contributed by atoms with Crippen molar-refractivity contribution in [1.29, 1.82) is 0 Å². The molecular formula is C27H28FN5O4S2. The van der Waals surface area contributed by atoms with Crippen LogP contribution in [0, 0.1) is 5.82 Å². The zero-order chi connectivity index (χ0) is 27.4. The van der Waals surface area contributed by atoms with E-state index in [1.165, 1.54) is 42.7 Å². The number of sulfonamides is 1. The highest BCUT2D eigenvalue weighted by Gasteiger charge is 2.20. The standard InChI is InChI=1S/C27H28FN5O4S2/c1-37-22-7-9-23(10-8-22)39(35,36)31-21-5-2-19(3-6-21)26(34)29-12-13-32-14-16-33(17-15-32)27-30-24-11-4-20(28)18-25(24)38-27/h2-11,18,31H,12-17H2,1H3,(H,29,34). The normalized spacial score (nSPS) is 14.4. The van der Waals surface area contributed by atoms with Gasteiger partial charge in [-0.05, 0) is 66.7 Å². The van der Waals surface area contributed by atoms with E-state index in [0.29, 0.717) is 30.1 Å². The minimum absolute atomic E-state index is 0.112. The lowest BCUT2D eigenvalue weighted by atomic mass is 10.2. The number of rotatable bonds is 9. The Bertz CT molecular complexity index is 1550. The molecule has 9 nitrogen and oxygen atoms in total. The summed E-state index contributed by atoms with van der Waals surface area (Å²) >= 11 is 1.50. The number of amides is 1. The second-order valence-corrected chi connectivity index (χ2v) is 11.7. The van der Waals surface area contributed by atoms with Gasteiger partial charge in [-0.25, -0.2) is 17.8 Å². The maximum atomic E-state index is 13.5. The average molecular weight is 570 g/mol. The molecule has 204 valence electrons. The molecular weight excluding hydrogens is 541 g/mol. The van der Waals surface area contributed by atoms with Crippen LogP contribution in [0.5, 0.6) is 5.75 Å². The van der Waals surface area contributed by atoms with Crippen molar-refractivity contribution in [3.8, 4) is 5.75 Å². The molecule has 1 aromatic heterocycles. The van der Waals surface area contributed by atoms with Gasteiger partial charge in [0.05, 0.1) is 22.2 Å². The van der Waals surface area contributed by atoms with Crippen LogP contribution in [-0.4, -0.2) is 70.6 Å². The zero-order valence-corrected chi connectivity index (χ0v) is 22.9. The lowest BCUT2D eigenvalue weighted by Gasteiger charge is -2.34. The van der Waals surface area contributed by atoms with Crippen molar-refractivity contribution >= 4 is 48.3 Å². The van der Waals surface area contributed by atoms with Gasteiger partial charge in [-0.1, -0.05) is 11.3 Å². The van der Waals surface area contributed by atoms with Crippen LogP contribution < -0.4 is 19.7 Å². The Morgan fingerprint density at radius 2 is 1.74 bits per heavy atom. The van der Waals surface area contributed by atoms with E-state index >= 15 is 0 Å². The Balaban J connectivity index is 1.07. The number of anilines is 2. The summed E-state index contributed by atoms with van der Waals surface area (Å²) in [7, 11) is -2.25. The molecule has 0 unspecified atom stereocenters. The van der Waals surface area contributed by atoms with E-state index in [0.717, 1.165) is 41.5 Å². The van der Waals surface area contributed by atoms with E-state index in [4.69, 9.17) is 4.74 Å². The molecule has 1 aliphatic rings. The molecule has 12 heteroatoms. The number of ether oxygens (including phenoxy) is 1. The molecule has 4 aromatic rings. The molecule has 2 heterocycles. The third-order valence-electron chi connectivity index (χ3n) is 6.46. The number of carbonyl (C=O) groups is 1. The van der Waals surface area contributed by atoms with Crippen LogP contribution in [0.25, 0.3) is 10.2 Å². The van der Waals surface area contributed by atoms with E-state index in [1.807, 2.05) is 0 Å². The van der Waals surface area contributed by atoms with Gasteiger partial charge in [0.25, 0.3) is 15.9 Å². The minimum atomic E-state index is -3.76. The maximum absolute atomic E-state index is 13.5. The van der Waals surface area contributed by atoms with Gasteiger partial charge in [-0.15, -0.1) is 0 Å². The molecule has 0 saturated carbocycles. The molecule has 1 saturated heterocycles. The molecule has 5 rings (SSSR count). The van der Waals surface area contributed by atoms with Crippen LogP contribution in [0.2, 0.25) is 0 Å². The number of benzene rings is 3. The first kappa shape index (κ1) is 26.9. The van der Waals surface area contributed by atoms with Gasteiger partial charge in [0.1, 0.15) is 11.6 Å². The fraction of sp³-hybridized carbons (Fsp3) is 0.259. The molecule has 1 fully saturated rings. The molecule has 0 radical (unpaired) electrons. The van der Waals surface area contributed by atoms with Crippen LogP contribution in [-0.2, 0) is 10.0 Å². The molecule has 3 aromatic carbocycles. The lowest BCUT2D eigenvalue weighted by molar-refractivity contribution is 0.0948. The predicted octanol–water partition coefficient (Wildman–Crippen LogP) is 3.80. The topological polar surface area (TPSA) is 104 Å². The smallest absolute Gasteiger partial charge is 0.261 e. The quantitative estimate of drug-likeness (QED) is 0.316. The highest BCUT2D eigenvalue weighted by molar-refractivity contribution is 7.92. The van der Waals surface area contributed by atoms with E-state index < -0.39 is 10.0 Å². The van der Waals surface area contributed by atoms with E-state index in [2.05, 4.69) is 24.8 Å². The molecule has 1 aliphatic heterocycles. The first-order valence-corrected chi connectivity index (χ1v) is 14.7. The number of fused-ring (bicyclic) bond motifs is 1. The summed E-state index contributed by atoms with van der Waals surface area (Å²) in [6.45, 7) is 4.50. The Morgan fingerprint density at radius 3 is 2.44 bits per heavy atom. The molecule has 0 aliphatic carbocycles. The number of nitrogens with one attached hydrogen (secondary N) is 2. The Labute approximate surface area is 230 Å². The van der Waals surface area contributed by atoms with E-state index in [-0.39, 0.29) is 16.6 Å². The third kappa shape index (κ3) is 6.47. The van der Waals surface area contributed by atoms with Crippen LogP contribution in [0.4, 0.5) is 15.2 Å². The number of hydrogen-bond donors (Lipinski definition) is 2. The van der Waals surface area contributed by atoms with Crippen molar-refractivity contribution in [3.63, 3.8) is 0 Å². The maximum Gasteiger partial charge on any atom is 0.261 e. The first-order valence-electron chi connectivity index (χ1n) is 12.4. The summed E-state index contributed by atoms with van der Waals surface area (Å²) < 4.78 is 47.1. The summed E-state index contributed by atoms with van der Waals surface area (Å²) in [6, 6.07) is 17.0. The summed E-state index contributed by atoms with van der Waals surface area (Å²) in [5.41, 5.74) is 1.61. The summed E-state index contributed by atoms with van der Waals surface area (Å²) in [5, 5.41) is 3.83. The molecule has 1 amide bonds. The number of nitrogens with zero attached hydrogens (tertiary/aromatic N) is 3. The van der Waals surface area contributed by atoms with Gasteiger partial charge in [0.2, 0.25) is 0 Å². The summed E-state index contributed by atoms with van der Waals surface area (Å²) in [5.74, 6) is 0.0876. The van der Waals surface area contributed by atoms with Crippen LogP contribution in [0.3, 0.4) is 0 Å². The van der Waals surface area contributed by atoms with E-state index in [1.54, 1.807) is 42.5 Å². The van der Waals surface area contributed by atoms with Crippen molar-refractivity contribution in [2.45, 2.75) is 4.90 Å². The molecule has 2 N–H and O–H groups in total. The van der Waals surface area contributed by atoms with Crippen molar-refractivity contribution < 1.29 is 22.3 Å². The van der Waals surface area contributed by atoms with Crippen LogP contribution in [0.1, 0.15) is 10.4 Å². The number of aromatic nitrogens is 1. The summed E-state index contributed by atoms with van der Waals surface area (Å²) in [4.78, 5) is 21.8. The second-order valence-electron chi connectivity index (χ2n) is 9.05. The van der Waals surface area contributed by atoms with Gasteiger partial charge in [-0.3, -0.25) is 14.4 Å². The number of halogens is 1. The number of carbonyl (C=O) groups excluding carboxylic acids is 1. The number of hydrogen-bond acceptors (Lipinski definition) is 8. The van der Waals surface area contributed by atoms with Crippen LogP contribution in [0.15, 0.2) is 71.6 Å². The van der Waals surface area contributed by atoms with Gasteiger partial charge in [-0.2, -0.15) is 0 Å². The fourth-order valence-electron chi connectivity index (χ4n) is 4.27. The van der Waals surface area contributed by atoms with Crippen molar-refractivity contribution in [1.82, 2.24) is 15.2 Å². The Hall–Kier alpha value is -3.74. The number of methoxy groups -OCH3 is 1. The second kappa shape index (κ2) is 11.6. The zero-order valence-electron chi connectivity index (χ0n) is 21.3. The molecule has 0 bridgehead atoms. The van der Waals surface area contributed by atoms with Crippen molar-refractivity contribution in [2.24, 2.45) is 0 Å². The van der Waals surface area contributed by atoms with Crippen molar-refractivity contribution in [3.05, 3.63) is 78.1 Å². The largest absolute Gasteiger partial charge is 0.497 e. The molecule has 0 spiro atoms. The first-order chi connectivity index (χ1) is 18.8. The van der Waals surface area contributed by atoms with Gasteiger partial charge < -0.3 is 15.0 Å². The van der Waals surface area contributed by atoms with Gasteiger partial charge >= 0.3 is 0 Å². The van der Waals surface area contributed by atoms with Gasteiger partial charge in [0.15, 0.2) is 5.13 Å². The minimum Gasteiger partial charge on any atom is -0.497 e. The third-order valence-corrected chi connectivity index (χ3v) is 8.94.